The van der Waals surface area contributed by atoms with Crippen LogP contribution in [0.2, 0.25) is 0 Å². The third-order valence-corrected chi connectivity index (χ3v) is 4.56. The molecule has 2 rings (SSSR count). The summed E-state index contributed by atoms with van der Waals surface area (Å²) < 4.78 is 1.00. The molecular formula is C15H22BrN4OS+. The zero-order valence-electron chi connectivity index (χ0n) is 12.7. The number of quaternary nitrogens is 1. The van der Waals surface area contributed by atoms with E-state index >= 15 is 0 Å². The van der Waals surface area contributed by atoms with Gasteiger partial charge in [-0.05, 0) is 43.4 Å². The fourth-order valence-corrected chi connectivity index (χ4v) is 3.02. The average molecular weight is 386 g/mol. The second-order valence-electron chi connectivity index (χ2n) is 5.30. The maximum absolute atomic E-state index is 12.1. The number of carbonyl (C=O) groups excluding carboxylic acids is 1. The molecule has 1 aliphatic rings. The van der Waals surface area contributed by atoms with Crippen LogP contribution in [-0.2, 0) is 4.79 Å². The zero-order valence-corrected chi connectivity index (χ0v) is 15.1. The standard InChI is InChI=1S/C15H21BrN4OS/c1-2-17-15(22)20-9-7-19(8-10-20)11-14(21)18-13-5-3-12(16)4-6-13/h3-6H,2,7-11H2,1H3,(H,17,22)(H,18,21)/p+1. The summed E-state index contributed by atoms with van der Waals surface area (Å²) in [5.41, 5.74) is 0.833. The fourth-order valence-electron chi connectivity index (χ4n) is 2.43. The quantitative estimate of drug-likeness (QED) is 0.659. The smallest absolute Gasteiger partial charge is 0.279 e. The molecule has 1 amide bonds. The fraction of sp³-hybridized carbons (Fsp3) is 0.467. The summed E-state index contributed by atoms with van der Waals surface area (Å²) in [5.74, 6) is 0.0556. The van der Waals surface area contributed by atoms with Gasteiger partial charge in [0, 0.05) is 16.7 Å². The number of halogens is 1. The number of nitrogens with zero attached hydrogens (tertiary/aromatic N) is 1. The number of nitrogens with one attached hydrogen (secondary N) is 3. The highest BCUT2D eigenvalue weighted by molar-refractivity contribution is 9.10. The number of thiocarbonyl (C=S) groups is 1. The number of rotatable bonds is 4. The van der Waals surface area contributed by atoms with Gasteiger partial charge in [-0.15, -0.1) is 0 Å². The molecule has 22 heavy (non-hydrogen) atoms. The number of carbonyl (C=O) groups is 1. The summed E-state index contributed by atoms with van der Waals surface area (Å²) in [6.07, 6.45) is 0. The topological polar surface area (TPSA) is 48.8 Å². The predicted molar refractivity (Wildman–Crippen MR) is 96.2 cm³/mol. The van der Waals surface area contributed by atoms with E-state index in [1.165, 1.54) is 4.90 Å². The highest BCUT2D eigenvalue weighted by Gasteiger charge is 2.23. The summed E-state index contributed by atoms with van der Waals surface area (Å²) in [6.45, 7) is 7.04. The normalized spacial score (nSPS) is 15.5. The Balaban J connectivity index is 1.74. The van der Waals surface area contributed by atoms with Crippen LogP contribution in [0.4, 0.5) is 5.69 Å². The zero-order chi connectivity index (χ0) is 15.9. The number of benzene rings is 1. The van der Waals surface area contributed by atoms with Crippen molar-refractivity contribution in [1.29, 1.82) is 0 Å². The summed E-state index contributed by atoms with van der Waals surface area (Å²) in [5, 5.41) is 6.93. The van der Waals surface area contributed by atoms with Crippen molar-refractivity contribution in [1.82, 2.24) is 10.2 Å². The van der Waals surface area contributed by atoms with Gasteiger partial charge in [-0.25, -0.2) is 0 Å². The maximum atomic E-state index is 12.1. The Morgan fingerprint density at radius 3 is 2.55 bits per heavy atom. The van der Waals surface area contributed by atoms with Crippen molar-refractivity contribution in [2.45, 2.75) is 6.92 Å². The van der Waals surface area contributed by atoms with Crippen molar-refractivity contribution in [2.24, 2.45) is 0 Å². The first-order chi connectivity index (χ1) is 10.6. The Bertz CT molecular complexity index is 515. The number of anilines is 1. The minimum atomic E-state index is 0.0556. The molecule has 1 saturated heterocycles. The van der Waals surface area contributed by atoms with Crippen LogP contribution in [-0.4, -0.2) is 55.2 Å². The van der Waals surface area contributed by atoms with Gasteiger partial charge in [-0.1, -0.05) is 15.9 Å². The Morgan fingerprint density at radius 1 is 1.32 bits per heavy atom. The van der Waals surface area contributed by atoms with Gasteiger partial charge < -0.3 is 20.4 Å². The van der Waals surface area contributed by atoms with Crippen LogP contribution < -0.4 is 15.5 Å². The first kappa shape index (κ1) is 17.2. The molecule has 0 unspecified atom stereocenters. The van der Waals surface area contributed by atoms with E-state index in [9.17, 15) is 4.79 Å². The number of piperazine rings is 1. The van der Waals surface area contributed by atoms with Crippen LogP contribution in [0, 0.1) is 0 Å². The van der Waals surface area contributed by atoms with Crippen molar-refractivity contribution >= 4 is 44.9 Å². The van der Waals surface area contributed by atoms with Gasteiger partial charge in [-0.2, -0.15) is 0 Å². The van der Waals surface area contributed by atoms with E-state index in [2.05, 4.69) is 31.5 Å². The molecule has 1 aromatic carbocycles. The van der Waals surface area contributed by atoms with Gasteiger partial charge >= 0.3 is 0 Å². The maximum Gasteiger partial charge on any atom is 0.279 e. The van der Waals surface area contributed by atoms with Crippen LogP contribution in [0.15, 0.2) is 28.7 Å². The molecule has 3 N–H and O–H groups in total. The van der Waals surface area contributed by atoms with Gasteiger partial charge in [0.2, 0.25) is 0 Å². The van der Waals surface area contributed by atoms with Crippen molar-refractivity contribution in [3.05, 3.63) is 28.7 Å². The molecule has 0 spiro atoms. The highest BCUT2D eigenvalue weighted by Crippen LogP contribution is 2.13. The van der Waals surface area contributed by atoms with Gasteiger partial charge in [0.25, 0.3) is 5.91 Å². The summed E-state index contributed by atoms with van der Waals surface area (Å²) in [4.78, 5) is 15.6. The van der Waals surface area contributed by atoms with Gasteiger partial charge in [-0.3, -0.25) is 4.79 Å². The molecule has 7 heteroatoms. The van der Waals surface area contributed by atoms with Crippen molar-refractivity contribution in [3.63, 3.8) is 0 Å². The van der Waals surface area contributed by atoms with E-state index in [0.717, 1.165) is 48.0 Å². The number of amides is 1. The van der Waals surface area contributed by atoms with Crippen molar-refractivity contribution < 1.29 is 9.69 Å². The second kappa shape index (κ2) is 8.45. The third kappa shape index (κ3) is 5.23. The minimum Gasteiger partial charge on any atom is -0.363 e. The molecule has 1 fully saturated rings. The third-order valence-electron chi connectivity index (χ3n) is 3.62. The van der Waals surface area contributed by atoms with Crippen molar-refractivity contribution in [2.75, 3.05) is 44.6 Å². The van der Waals surface area contributed by atoms with E-state index < -0.39 is 0 Å². The minimum absolute atomic E-state index is 0.0556. The molecule has 0 aliphatic carbocycles. The van der Waals surface area contributed by atoms with Gasteiger partial charge in [0.05, 0.1) is 26.2 Å². The molecule has 1 heterocycles. The molecule has 0 radical (unpaired) electrons. The SMILES string of the molecule is CCNC(=S)N1CC[NH+](CC(=O)Nc2ccc(Br)cc2)CC1. The van der Waals surface area contributed by atoms with E-state index in [1.54, 1.807) is 0 Å². The molecule has 5 nitrogen and oxygen atoms in total. The van der Waals surface area contributed by atoms with Crippen LogP contribution >= 0.6 is 28.1 Å². The lowest BCUT2D eigenvalue weighted by molar-refractivity contribution is -0.895. The molecule has 0 bridgehead atoms. The lowest BCUT2D eigenvalue weighted by Gasteiger charge is -2.33. The lowest BCUT2D eigenvalue weighted by Crippen LogP contribution is -3.15. The molecular weight excluding hydrogens is 364 g/mol. The monoisotopic (exact) mass is 385 g/mol. The summed E-state index contributed by atoms with van der Waals surface area (Å²) in [6, 6.07) is 7.63. The molecule has 120 valence electrons. The lowest BCUT2D eigenvalue weighted by atomic mass is 10.3. The average Bonchev–Trinajstić information content (AvgIpc) is 2.50. The molecule has 0 aromatic heterocycles. The highest BCUT2D eigenvalue weighted by atomic mass is 79.9. The van der Waals surface area contributed by atoms with E-state index in [1.807, 2.05) is 31.2 Å². The molecule has 1 aromatic rings. The molecule has 0 saturated carbocycles. The van der Waals surface area contributed by atoms with Crippen LogP contribution in [0.5, 0.6) is 0 Å². The van der Waals surface area contributed by atoms with E-state index in [0.29, 0.717) is 6.54 Å². The predicted octanol–water partition coefficient (Wildman–Crippen LogP) is 0.483. The van der Waals surface area contributed by atoms with Gasteiger partial charge in [0.15, 0.2) is 11.7 Å². The van der Waals surface area contributed by atoms with E-state index in [-0.39, 0.29) is 5.91 Å². The molecule has 0 atom stereocenters. The van der Waals surface area contributed by atoms with E-state index in [4.69, 9.17) is 12.2 Å². The Morgan fingerprint density at radius 2 is 1.95 bits per heavy atom. The first-order valence-corrected chi connectivity index (χ1v) is 8.70. The summed E-state index contributed by atoms with van der Waals surface area (Å²) >= 11 is 8.70. The van der Waals surface area contributed by atoms with Crippen LogP contribution in [0.1, 0.15) is 6.92 Å². The first-order valence-electron chi connectivity index (χ1n) is 7.50. The molecule has 1 aliphatic heterocycles. The Hall–Kier alpha value is -1.18. The second-order valence-corrected chi connectivity index (χ2v) is 6.61. The number of hydrogen-bond acceptors (Lipinski definition) is 2. The van der Waals surface area contributed by atoms with Gasteiger partial charge in [0.1, 0.15) is 0 Å². The van der Waals surface area contributed by atoms with Crippen LogP contribution in [0.3, 0.4) is 0 Å². The Kier molecular flexibility index (Phi) is 6.60. The van der Waals surface area contributed by atoms with Crippen molar-refractivity contribution in [3.8, 4) is 0 Å². The Labute approximate surface area is 145 Å². The summed E-state index contributed by atoms with van der Waals surface area (Å²) in [7, 11) is 0. The largest absolute Gasteiger partial charge is 0.363 e. The van der Waals surface area contributed by atoms with Crippen LogP contribution in [0.25, 0.3) is 0 Å². The number of hydrogen-bond donors (Lipinski definition) is 3.